The SMILES string of the molecule is O=C([O-])C(C(=O)N[C@H]1CN(S(=O)(=O)[O-])C1=O)c1ccccc1.[K+].[K+]. The fraction of sp³-hybridized carbons (Fsp3) is 0.250. The van der Waals surface area contributed by atoms with E-state index in [2.05, 4.69) is 5.32 Å². The van der Waals surface area contributed by atoms with Crippen molar-refractivity contribution in [2.75, 3.05) is 6.54 Å². The van der Waals surface area contributed by atoms with Crippen molar-refractivity contribution in [1.29, 1.82) is 0 Å². The zero-order valence-electron chi connectivity index (χ0n) is 13.0. The monoisotopic (exact) mass is 404 g/mol. The summed E-state index contributed by atoms with van der Waals surface area (Å²) in [6.45, 7) is -0.523. The van der Waals surface area contributed by atoms with Crippen molar-refractivity contribution < 1.29 is 135 Å². The molecular weight excluding hydrogens is 394 g/mol. The molecule has 1 fully saturated rings. The number of carbonyl (C=O) groups excluding carboxylic acids is 3. The molecule has 1 aliphatic rings. The second kappa shape index (κ2) is 10.2. The fourth-order valence-corrected chi connectivity index (χ4v) is 2.68. The van der Waals surface area contributed by atoms with Gasteiger partial charge in [0.1, 0.15) is 12.0 Å². The number of rotatable bonds is 5. The molecule has 0 saturated carbocycles. The Balaban J connectivity index is 0.00000264. The van der Waals surface area contributed by atoms with Gasteiger partial charge in [-0.05, 0) is 5.56 Å². The van der Waals surface area contributed by atoms with Crippen molar-refractivity contribution in [3.63, 3.8) is 0 Å². The Bertz CT molecular complexity index is 726. The zero-order chi connectivity index (χ0) is 16.5. The predicted octanol–water partition coefficient (Wildman–Crippen LogP) is -8.68. The molecule has 1 aromatic rings. The summed E-state index contributed by atoms with van der Waals surface area (Å²) < 4.78 is 32.0. The molecule has 2 rings (SSSR count). The zero-order valence-corrected chi connectivity index (χ0v) is 20.0. The minimum atomic E-state index is -4.92. The Morgan fingerprint density at radius 3 is 2.17 bits per heavy atom. The van der Waals surface area contributed by atoms with Crippen molar-refractivity contribution in [2.24, 2.45) is 0 Å². The van der Waals surface area contributed by atoms with E-state index in [1.807, 2.05) is 0 Å². The van der Waals surface area contributed by atoms with Crippen molar-refractivity contribution in [2.45, 2.75) is 12.0 Å². The van der Waals surface area contributed by atoms with E-state index in [9.17, 15) is 32.5 Å². The van der Waals surface area contributed by atoms with E-state index in [1.54, 1.807) is 6.07 Å². The fourth-order valence-electron chi connectivity index (χ4n) is 2.00. The summed E-state index contributed by atoms with van der Waals surface area (Å²) in [5.74, 6) is -5.43. The molecule has 0 aliphatic carbocycles. The van der Waals surface area contributed by atoms with Gasteiger partial charge in [-0.3, -0.25) is 9.59 Å². The Morgan fingerprint density at radius 2 is 1.75 bits per heavy atom. The molecule has 0 bridgehead atoms. The van der Waals surface area contributed by atoms with Gasteiger partial charge in [0.25, 0.3) is 5.91 Å². The van der Waals surface area contributed by atoms with Gasteiger partial charge in [0, 0.05) is 0 Å². The van der Waals surface area contributed by atoms with E-state index in [4.69, 9.17) is 0 Å². The summed E-state index contributed by atoms with van der Waals surface area (Å²) in [7, 11) is -4.92. The number of amides is 2. The van der Waals surface area contributed by atoms with Gasteiger partial charge >= 0.3 is 103 Å². The number of carboxylic acid groups (broad SMARTS) is 1. The van der Waals surface area contributed by atoms with Crippen LogP contribution in [0.3, 0.4) is 0 Å². The van der Waals surface area contributed by atoms with Crippen LogP contribution in [-0.4, -0.2) is 47.6 Å². The number of carboxylic acids is 1. The Labute approximate surface area is 223 Å². The summed E-state index contributed by atoms with van der Waals surface area (Å²) in [4.78, 5) is 34.5. The van der Waals surface area contributed by atoms with E-state index in [0.717, 1.165) is 0 Å². The van der Waals surface area contributed by atoms with Gasteiger partial charge in [0.2, 0.25) is 5.91 Å². The van der Waals surface area contributed by atoms with Crippen molar-refractivity contribution in [1.82, 2.24) is 9.62 Å². The van der Waals surface area contributed by atoms with Gasteiger partial charge < -0.3 is 19.8 Å². The van der Waals surface area contributed by atoms with Crippen LogP contribution in [0.2, 0.25) is 0 Å². The summed E-state index contributed by atoms with van der Waals surface area (Å²) in [5.41, 5.74) is 0.153. The third-order valence-corrected chi connectivity index (χ3v) is 3.98. The molecule has 0 radical (unpaired) electrons. The molecular formula is C12H10K2N2O7S. The van der Waals surface area contributed by atoms with Crippen molar-refractivity contribution in [3.8, 4) is 0 Å². The van der Waals surface area contributed by atoms with E-state index in [1.165, 1.54) is 24.3 Å². The minimum absolute atomic E-state index is 0. The molecule has 1 saturated heterocycles. The van der Waals surface area contributed by atoms with Crippen molar-refractivity contribution in [3.05, 3.63) is 35.9 Å². The van der Waals surface area contributed by atoms with Gasteiger partial charge in [0.05, 0.1) is 12.5 Å². The first-order chi connectivity index (χ1) is 10.2. The smallest absolute Gasteiger partial charge is 0.731 e. The second-order valence-electron chi connectivity index (χ2n) is 4.55. The topological polar surface area (TPSA) is 147 Å². The average Bonchev–Trinajstić information content (AvgIpc) is 2.42. The minimum Gasteiger partial charge on any atom is -0.731 e. The average molecular weight is 404 g/mol. The maximum atomic E-state index is 12.0. The summed E-state index contributed by atoms with van der Waals surface area (Å²) in [6, 6.07) is 6.23. The second-order valence-corrected chi connectivity index (χ2v) is 5.85. The Kier molecular flexibility index (Phi) is 10.6. The van der Waals surface area contributed by atoms with Gasteiger partial charge in [-0.2, -0.15) is 0 Å². The molecule has 2 amide bonds. The van der Waals surface area contributed by atoms with Crippen LogP contribution in [0.5, 0.6) is 0 Å². The molecule has 1 aromatic carbocycles. The van der Waals surface area contributed by atoms with Crippen LogP contribution in [0.4, 0.5) is 0 Å². The number of hydrogen-bond donors (Lipinski definition) is 1. The quantitative estimate of drug-likeness (QED) is 0.222. The number of hydrogen-bond acceptors (Lipinski definition) is 7. The molecule has 1 heterocycles. The molecule has 12 heteroatoms. The summed E-state index contributed by atoms with van der Waals surface area (Å²) >= 11 is 0. The van der Waals surface area contributed by atoms with E-state index < -0.39 is 46.6 Å². The molecule has 1 N–H and O–H groups in total. The molecule has 0 aromatic heterocycles. The summed E-state index contributed by atoms with van der Waals surface area (Å²) in [6.07, 6.45) is 0. The summed E-state index contributed by atoms with van der Waals surface area (Å²) in [5, 5.41) is 13.2. The molecule has 24 heavy (non-hydrogen) atoms. The van der Waals surface area contributed by atoms with Gasteiger partial charge in [0.15, 0.2) is 10.3 Å². The molecule has 118 valence electrons. The normalized spacial score (nSPS) is 17.6. The predicted molar refractivity (Wildman–Crippen MR) is 67.5 cm³/mol. The largest absolute Gasteiger partial charge is 1.00 e. The molecule has 2 atom stereocenters. The maximum Gasteiger partial charge on any atom is 1.00 e. The number of β-lactam (4-membered cyclic amide) rings is 1. The van der Waals surface area contributed by atoms with Crippen LogP contribution >= 0.6 is 0 Å². The number of nitrogens with one attached hydrogen (secondary N) is 1. The van der Waals surface area contributed by atoms with E-state index in [0.29, 0.717) is 0 Å². The Hall–Kier alpha value is 0.813. The molecule has 1 unspecified atom stereocenters. The number of aliphatic carboxylic acids is 1. The van der Waals surface area contributed by atoms with Gasteiger partial charge in [-0.25, -0.2) is 12.7 Å². The van der Waals surface area contributed by atoms with Crippen LogP contribution in [0.25, 0.3) is 0 Å². The van der Waals surface area contributed by atoms with Crippen molar-refractivity contribution >= 4 is 28.1 Å². The van der Waals surface area contributed by atoms with Gasteiger partial charge in [-0.15, -0.1) is 0 Å². The van der Waals surface area contributed by atoms with Crippen LogP contribution in [-0.2, 0) is 24.7 Å². The maximum absolute atomic E-state index is 12.0. The number of benzene rings is 1. The van der Waals surface area contributed by atoms with Gasteiger partial charge in [-0.1, -0.05) is 30.3 Å². The third-order valence-electron chi connectivity index (χ3n) is 3.11. The first kappa shape index (κ1) is 24.8. The molecule has 9 nitrogen and oxygen atoms in total. The standard InChI is InChI=1S/C12H12N2O7S.2K/c15-10(9(12(17)18)7-4-2-1-3-5-7)13-8-6-14(11(8)16)22(19,20)21;;/h1-5,8-9H,6H2,(H,13,15)(H,17,18)(H,19,20,21);;/q;2*+1/p-2/t8-,9?;;/m0../s1. The molecule has 1 aliphatic heterocycles. The first-order valence-electron chi connectivity index (χ1n) is 6.05. The van der Waals surface area contributed by atoms with E-state index >= 15 is 0 Å². The number of nitrogens with zero attached hydrogens (tertiary/aromatic N) is 1. The van der Waals surface area contributed by atoms with E-state index in [-0.39, 0.29) is 113 Å². The van der Waals surface area contributed by atoms with Crippen LogP contribution < -0.4 is 113 Å². The number of carbonyl (C=O) groups is 3. The first-order valence-corrected chi connectivity index (χ1v) is 7.42. The van der Waals surface area contributed by atoms with Crippen LogP contribution in [0.15, 0.2) is 30.3 Å². The Morgan fingerprint density at radius 1 is 1.21 bits per heavy atom. The van der Waals surface area contributed by atoms with Crippen LogP contribution in [0, 0.1) is 0 Å². The van der Waals surface area contributed by atoms with Crippen LogP contribution in [0.1, 0.15) is 11.5 Å². The third kappa shape index (κ3) is 5.92. The molecule has 0 spiro atoms.